The summed E-state index contributed by atoms with van der Waals surface area (Å²) in [6, 6.07) is 14.5. The van der Waals surface area contributed by atoms with E-state index in [1.807, 2.05) is 30.3 Å². The normalized spacial score (nSPS) is 10.3. The van der Waals surface area contributed by atoms with Gasteiger partial charge in [-0.25, -0.2) is 9.37 Å². The number of hydrogen-bond acceptors (Lipinski definition) is 5. The predicted molar refractivity (Wildman–Crippen MR) is 91.6 cm³/mol. The number of carbonyl (C=O) groups excluding carboxylic acids is 2. The second-order valence-corrected chi connectivity index (χ2v) is 5.40. The Morgan fingerprint density at radius 1 is 1.08 bits per heavy atom. The first-order valence-corrected chi connectivity index (χ1v) is 7.81. The van der Waals surface area contributed by atoms with Crippen molar-refractivity contribution in [3.05, 3.63) is 72.4 Å². The molecule has 0 aliphatic heterocycles. The van der Waals surface area contributed by atoms with Crippen LogP contribution in [0, 0.1) is 5.82 Å². The summed E-state index contributed by atoms with van der Waals surface area (Å²) >= 11 is 0. The van der Waals surface area contributed by atoms with E-state index in [-0.39, 0.29) is 6.42 Å². The van der Waals surface area contributed by atoms with Crippen LogP contribution in [0.5, 0.6) is 0 Å². The van der Waals surface area contributed by atoms with Gasteiger partial charge < -0.3 is 14.5 Å². The van der Waals surface area contributed by atoms with Crippen LogP contribution in [-0.4, -0.2) is 23.5 Å². The Morgan fingerprint density at radius 2 is 1.81 bits per heavy atom. The standard InChI is InChI=1S/C19H15FN2O4/c20-14-6-8-15(9-7-14)21-17(23)12-25-18(24)10-16-11-26-19(22-16)13-4-2-1-3-5-13/h1-9,11H,10,12H2,(H,21,23). The van der Waals surface area contributed by atoms with E-state index in [0.717, 1.165) is 5.56 Å². The number of oxazole rings is 1. The Bertz CT molecular complexity index is 891. The summed E-state index contributed by atoms with van der Waals surface area (Å²) in [4.78, 5) is 27.8. The van der Waals surface area contributed by atoms with Gasteiger partial charge in [-0.05, 0) is 36.4 Å². The van der Waals surface area contributed by atoms with Crippen molar-refractivity contribution in [2.24, 2.45) is 0 Å². The number of nitrogens with one attached hydrogen (secondary N) is 1. The van der Waals surface area contributed by atoms with Gasteiger partial charge in [0, 0.05) is 11.3 Å². The number of nitrogens with zero attached hydrogens (tertiary/aromatic N) is 1. The number of hydrogen-bond donors (Lipinski definition) is 1. The quantitative estimate of drug-likeness (QED) is 0.688. The van der Waals surface area contributed by atoms with Gasteiger partial charge in [-0.2, -0.15) is 0 Å². The van der Waals surface area contributed by atoms with E-state index in [0.29, 0.717) is 17.3 Å². The van der Waals surface area contributed by atoms with Crippen LogP contribution in [0.4, 0.5) is 10.1 Å². The number of halogens is 1. The molecule has 0 fully saturated rings. The SMILES string of the molecule is O=C(COC(=O)Cc1coc(-c2ccccc2)n1)Nc1ccc(F)cc1. The summed E-state index contributed by atoms with van der Waals surface area (Å²) in [5.74, 6) is -1.12. The molecule has 3 rings (SSSR count). The van der Waals surface area contributed by atoms with E-state index in [4.69, 9.17) is 9.15 Å². The maximum absolute atomic E-state index is 12.8. The van der Waals surface area contributed by atoms with Crippen LogP contribution in [-0.2, 0) is 20.7 Å². The maximum Gasteiger partial charge on any atom is 0.312 e. The summed E-state index contributed by atoms with van der Waals surface area (Å²) < 4.78 is 23.0. The van der Waals surface area contributed by atoms with Gasteiger partial charge >= 0.3 is 5.97 Å². The van der Waals surface area contributed by atoms with Crippen LogP contribution in [0.25, 0.3) is 11.5 Å². The Kier molecular flexibility index (Phi) is 5.38. The lowest BCUT2D eigenvalue weighted by Crippen LogP contribution is -2.21. The monoisotopic (exact) mass is 354 g/mol. The zero-order valence-corrected chi connectivity index (χ0v) is 13.6. The molecule has 1 amide bonds. The summed E-state index contributed by atoms with van der Waals surface area (Å²) in [6.07, 6.45) is 1.27. The molecule has 0 atom stereocenters. The number of rotatable bonds is 6. The fourth-order valence-corrected chi connectivity index (χ4v) is 2.18. The van der Waals surface area contributed by atoms with E-state index in [2.05, 4.69) is 10.3 Å². The molecule has 7 heteroatoms. The molecule has 0 saturated carbocycles. The highest BCUT2D eigenvalue weighted by Gasteiger charge is 2.13. The van der Waals surface area contributed by atoms with Crippen molar-refractivity contribution in [3.8, 4) is 11.5 Å². The third-order valence-electron chi connectivity index (χ3n) is 3.39. The second kappa shape index (κ2) is 8.06. The van der Waals surface area contributed by atoms with Crippen LogP contribution in [0.15, 0.2) is 65.3 Å². The summed E-state index contributed by atoms with van der Waals surface area (Å²) in [7, 11) is 0. The molecular formula is C19H15FN2O4. The molecule has 0 aliphatic rings. The fourth-order valence-electron chi connectivity index (χ4n) is 2.18. The van der Waals surface area contributed by atoms with Crippen molar-refractivity contribution >= 4 is 17.6 Å². The predicted octanol–water partition coefficient (Wildman–Crippen LogP) is 3.21. The maximum atomic E-state index is 12.8. The van der Waals surface area contributed by atoms with Gasteiger partial charge in [0.2, 0.25) is 5.89 Å². The van der Waals surface area contributed by atoms with E-state index in [1.54, 1.807) is 0 Å². The lowest BCUT2D eigenvalue weighted by atomic mass is 10.2. The minimum atomic E-state index is -0.604. The zero-order valence-electron chi connectivity index (χ0n) is 13.6. The number of carbonyl (C=O) groups is 2. The smallest absolute Gasteiger partial charge is 0.312 e. The fraction of sp³-hybridized carbons (Fsp3) is 0.105. The molecule has 0 bridgehead atoms. The van der Waals surface area contributed by atoms with Gasteiger partial charge in [0.1, 0.15) is 12.1 Å². The summed E-state index contributed by atoms with van der Waals surface area (Å²) in [6.45, 7) is -0.445. The average Bonchev–Trinajstić information content (AvgIpc) is 3.11. The van der Waals surface area contributed by atoms with E-state index in [9.17, 15) is 14.0 Å². The van der Waals surface area contributed by atoms with Gasteiger partial charge in [0.15, 0.2) is 6.61 Å². The lowest BCUT2D eigenvalue weighted by Gasteiger charge is -2.06. The van der Waals surface area contributed by atoms with Crippen LogP contribution in [0.1, 0.15) is 5.69 Å². The van der Waals surface area contributed by atoms with Crippen molar-refractivity contribution in [3.63, 3.8) is 0 Å². The molecular weight excluding hydrogens is 339 g/mol. The first kappa shape index (κ1) is 17.3. The highest BCUT2D eigenvalue weighted by Crippen LogP contribution is 2.18. The molecule has 0 spiro atoms. The highest BCUT2D eigenvalue weighted by molar-refractivity contribution is 5.92. The molecule has 1 heterocycles. The van der Waals surface area contributed by atoms with Crippen molar-refractivity contribution in [2.45, 2.75) is 6.42 Å². The first-order valence-electron chi connectivity index (χ1n) is 7.81. The number of esters is 1. The largest absolute Gasteiger partial charge is 0.455 e. The minimum Gasteiger partial charge on any atom is -0.455 e. The van der Waals surface area contributed by atoms with Crippen LogP contribution >= 0.6 is 0 Å². The molecule has 0 radical (unpaired) electrons. The molecule has 132 valence electrons. The van der Waals surface area contributed by atoms with Gasteiger partial charge in [-0.15, -0.1) is 0 Å². The van der Waals surface area contributed by atoms with Crippen molar-refractivity contribution in [2.75, 3.05) is 11.9 Å². The second-order valence-electron chi connectivity index (χ2n) is 5.40. The molecule has 2 aromatic carbocycles. The lowest BCUT2D eigenvalue weighted by molar-refractivity contribution is -0.146. The van der Waals surface area contributed by atoms with Crippen LogP contribution < -0.4 is 5.32 Å². The number of aromatic nitrogens is 1. The van der Waals surface area contributed by atoms with Crippen molar-refractivity contribution in [1.82, 2.24) is 4.98 Å². The van der Waals surface area contributed by atoms with Gasteiger partial charge in [-0.3, -0.25) is 9.59 Å². The first-order chi connectivity index (χ1) is 12.6. The van der Waals surface area contributed by atoms with Crippen LogP contribution in [0.2, 0.25) is 0 Å². The van der Waals surface area contributed by atoms with Gasteiger partial charge in [-0.1, -0.05) is 18.2 Å². The minimum absolute atomic E-state index is 0.111. The van der Waals surface area contributed by atoms with E-state index >= 15 is 0 Å². The van der Waals surface area contributed by atoms with Crippen molar-refractivity contribution < 1.29 is 23.1 Å². The Morgan fingerprint density at radius 3 is 2.54 bits per heavy atom. The number of anilines is 1. The Hall–Kier alpha value is -3.48. The highest BCUT2D eigenvalue weighted by atomic mass is 19.1. The van der Waals surface area contributed by atoms with Crippen LogP contribution in [0.3, 0.4) is 0 Å². The number of amides is 1. The van der Waals surface area contributed by atoms with Gasteiger partial charge in [0.05, 0.1) is 12.1 Å². The molecule has 0 saturated heterocycles. The average molecular weight is 354 g/mol. The zero-order chi connectivity index (χ0) is 18.4. The third-order valence-corrected chi connectivity index (χ3v) is 3.39. The number of benzene rings is 2. The molecule has 26 heavy (non-hydrogen) atoms. The topological polar surface area (TPSA) is 81.4 Å². The van der Waals surface area contributed by atoms with Gasteiger partial charge in [0.25, 0.3) is 5.91 Å². The molecule has 6 nitrogen and oxygen atoms in total. The molecule has 3 aromatic rings. The summed E-state index contributed by atoms with van der Waals surface area (Å²) in [5, 5.41) is 2.50. The molecule has 0 unspecified atom stereocenters. The molecule has 1 aromatic heterocycles. The molecule has 0 aliphatic carbocycles. The van der Waals surface area contributed by atoms with Crippen molar-refractivity contribution in [1.29, 1.82) is 0 Å². The number of ether oxygens (including phenoxy) is 1. The third kappa shape index (κ3) is 4.76. The van der Waals surface area contributed by atoms with E-state index < -0.39 is 24.3 Å². The summed E-state index contributed by atoms with van der Waals surface area (Å²) in [5.41, 5.74) is 1.62. The Balaban J connectivity index is 1.47. The Labute approximate surface area is 148 Å². The molecule has 1 N–H and O–H groups in total. The van der Waals surface area contributed by atoms with E-state index in [1.165, 1.54) is 30.5 Å².